The lowest BCUT2D eigenvalue weighted by atomic mass is 9.81. The van der Waals surface area contributed by atoms with Gasteiger partial charge < -0.3 is 10.2 Å². The van der Waals surface area contributed by atoms with Crippen molar-refractivity contribution in [3.8, 4) is 6.07 Å². The van der Waals surface area contributed by atoms with Gasteiger partial charge >= 0.3 is 0 Å². The summed E-state index contributed by atoms with van der Waals surface area (Å²) in [4.78, 5) is 14.8. The average molecular weight is 291 g/mol. The lowest BCUT2D eigenvalue weighted by Crippen LogP contribution is -2.43. The molecule has 0 saturated heterocycles. The van der Waals surface area contributed by atoms with Crippen LogP contribution in [0.4, 0.5) is 0 Å². The molecule has 2 aliphatic rings. The zero-order valence-electron chi connectivity index (χ0n) is 13.4. The fraction of sp³-hybridized carbons (Fsp3) is 0.882. The van der Waals surface area contributed by atoms with Crippen LogP contribution in [0.1, 0.15) is 64.2 Å². The molecule has 0 aliphatic heterocycles. The summed E-state index contributed by atoms with van der Waals surface area (Å²) >= 11 is 0. The second-order valence-electron chi connectivity index (χ2n) is 6.78. The average Bonchev–Trinajstić information content (AvgIpc) is 2.92. The van der Waals surface area contributed by atoms with Crippen LogP contribution in [0.25, 0.3) is 0 Å². The number of amides is 1. The fourth-order valence-corrected chi connectivity index (χ4v) is 3.76. The van der Waals surface area contributed by atoms with Crippen LogP contribution in [0.15, 0.2) is 0 Å². The first-order valence-corrected chi connectivity index (χ1v) is 8.58. The zero-order chi connectivity index (χ0) is 15.1. The molecule has 4 nitrogen and oxygen atoms in total. The molecule has 2 saturated carbocycles. The van der Waals surface area contributed by atoms with E-state index in [1.54, 1.807) is 0 Å². The molecule has 0 aromatic rings. The van der Waals surface area contributed by atoms with E-state index in [4.69, 9.17) is 0 Å². The van der Waals surface area contributed by atoms with Gasteiger partial charge in [-0.05, 0) is 32.7 Å². The second-order valence-corrected chi connectivity index (χ2v) is 6.78. The number of nitriles is 1. The Balaban J connectivity index is 1.78. The third kappa shape index (κ3) is 4.20. The third-order valence-electron chi connectivity index (χ3n) is 5.30. The minimum Gasteiger partial charge on any atom is -0.353 e. The van der Waals surface area contributed by atoms with Gasteiger partial charge in [0.2, 0.25) is 5.91 Å². The molecule has 2 rings (SSSR count). The number of carbonyl (C=O) groups is 1. The molecule has 0 bridgehead atoms. The van der Waals surface area contributed by atoms with Gasteiger partial charge in [0.1, 0.15) is 5.41 Å². The number of likely N-dealkylation sites (N-methyl/N-ethyl adjacent to an activating group) is 1. The summed E-state index contributed by atoms with van der Waals surface area (Å²) < 4.78 is 0. The van der Waals surface area contributed by atoms with Gasteiger partial charge in [-0.25, -0.2) is 0 Å². The predicted octanol–water partition coefficient (Wildman–Crippen LogP) is 2.84. The van der Waals surface area contributed by atoms with Gasteiger partial charge in [0.05, 0.1) is 6.07 Å². The van der Waals surface area contributed by atoms with Crippen molar-refractivity contribution < 1.29 is 4.79 Å². The normalized spacial score (nSPS) is 22.7. The van der Waals surface area contributed by atoms with Crippen LogP contribution >= 0.6 is 0 Å². The van der Waals surface area contributed by atoms with Crippen LogP contribution in [-0.2, 0) is 4.79 Å². The van der Waals surface area contributed by atoms with Crippen molar-refractivity contribution in [1.29, 1.82) is 5.26 Å². The van der Waals surface area contributed by atoms with E-state index >= 15 is 0 Å². The van der Waals surface area contributed by atoms with Gasteiger partial charge in [-0.1, -0.05) is 38.5 Å². The quantitative estimate of drug-likeness (QED) is 0.792. The molecule has 2 aliphatic carbocycles. The van der Waals surface area contributed by atoms with Crippen LogP contribution in [-0.4, -0.2) is 37.0 Å². The van der Waals surface area contributed by atoms with Crippen molar-refractivity contribution in [2.75, 3.05) is 20.1 Å². The van der Waals surface area contributed by atoms with Crippen LogP contribution < -0.4 is 5.32 Å². The van der Waals surface area contributed by atoms with Gasteiger partial charge in [-0.2, -0.15) is 5.26 Å². The SMILES string of the molecule is CN(CCNC(=O)C1(C#N)CCCCCC1)C1CCCC1. The molecule has 0 heterocycles. The van der Waals surface area contributed by atoms with E-state index in [2.05, 4.69) is 23.3 Å². The molecule has 0 unspecified atom stereocenters. The van der Waals surface area contributed by atoms with Crippen molar-refractivity contribution >= 4 is 5.91 Å². The van der Waals surface area contributed by atoms with Crippen molar-refractivity contribution in [3.05, 3.63) is 0 Å². The number of carbonyl (C=O) groups excluding carboxylic acids is 1. The summed E-state index contributed by atoms with van der Waals surface area (Å²) in [6.45, 7) is 1.55. The van der Waals surface area contributed by atoms with Gasteiger partial charge in [-0.3, -0.25) is 4.79 Å². The Morgan fingerprint density at radius 1 is 1.19 bits per heavy atom. The van der Waals surface area contributed by atoms with E-state index < -0.39 is 5.41 Å². The van der Waals surface area contributed by atoms with Crippen LogP contribution in [0, 0.1) is 16.7 Å². The Labute approximate surface area is 128 Å². The summed E-state index contributed by atoms with van der Waals surface area (Å²) in [5, 5.41) is 12.5. The van der Waals surface area contributed by atoms with Gasteiger partial charge in [0.15, 0.2) is 0 Å². The highest BCUT2D eigenvalue weighted by atomic mass is 16.2. The summed E-state index contributed by atoms with van der Waals surface area (Å²) in [5.74, 6) is -0.0354. The maximum Gasteiger partial charge on any atom is 0.240 e. The summed E-state index contributed by atoms with van der Waals surface area (Å²) in [6.07, 6.45) is 11.0. The first kappa shape index (κ1) is 16.3. The van der Waals surface area contributed by atoms with Crippen LogP contribution in [0.2, 0.25) is 0 Å². The molecule has 118 valence electrons. The number of rotatable bonds is 5. The van der Waals surface area contributed by atoms with E-state index in [0.717, 1.165) is 45.1 Å². The molecule has 1 N–H and O–H groups in total. The molecular formula is C17H29N3O. The van der Waals surface area contributed by atoms with Crippen molar-refractivity contribution in [3.63, 3.8) is 0 Å². The Bertz CT molecular complexity index is 374. The first-order chi connectivity index (χ1) is 10.2. The Morgan fingerprint density at radius 2 is 1.81 bits per heavy atom. The fourth-order valence-electron chi connectivity index (χ4n) is 3.76. The highest BCUT2D eigenvalue weighted by Crippen LogP contribution is 2.34. The van der Waals surface area contributed by atoms with Crippen LogP contribution in [0.5, 0.6) is 0 Å². The van der Waals surface area contributed by atoms with Gasteiger partial charge in [0.25, 0.3) is 0 Å². The van der Waals surface area contributed by atoms with E-state index in [1.165, 1.54) is 25.7 Å². The smallest absolute Gasteiger partial charge is 0.240 e. The second kappa shape index (κ2) is 7.79. The molecule has 0 spiro atoms. The molecule has 0 atom stereocenters. The molecule has 0 radical (unpaired) electrons. The summed E-state index contributed by atoms with van der Waals surface area (Å²) in [6, 6.07) is 3.01. The van der Waals surface area contributed by atoms with E-state index in [0.29, 0.717) is 12.6 Å². The Kier molecular flexibility index (Phi) is 6.05. The summed E-state index contributed by atoms with van der Waals surface area (Å²) in [7, 11) is 2.15. The molecule has 0 aromatic carbocycles. The number of nitrogens with one attached hydrogen (secondary N) is 1. The molecule has 21 heavy (non-hydrogen) atoms. The maximum atomic E-state index is 12.5. The Morgan fingerprint density at radius 3 is 2.38 bits per heavy atom. The topological polar surface area (TPSA) is 56.1 Å². The number of nitrogens with zero attached hydrogens (tertiary/aromatic N) is 2. The molecule has 2 fully saturated rings. The first-order valence-electron chi connectivity index (χ1n) is 8.58. The molecule has 1 amide bonds. The van der Waals surface area contributed by atoms with Gasteiger partial charge in [-0.15, -0.1) is 0 Å². The van der Waals surface area contributed by atoms with Crippen LogP contribution in [0.3, 0.4) is 0 Å². The summed E-state index contributed by atoms with van der Waals surface area (Å²) in [5.41, 5.74) is -0.761. The monoisotopic (exact) mass is 291 g/mol. The minimum absolute atomic E-state index is 0.0354. The lowest BCUT2D eigenvalue weighted by molar-refractivity contribution is -0.128. The zero-order valence-corrected chi connectivity index (χ0v) is 13.4. The van der Waals surface area contributed by atoms with Crippen molar-refractivity contribution in [2.45, 2.75) is 70.3 Å². The van der Waals surface area contributed by atoms with E-state index in [1.807, 2.05) is 0 Å². The third-order valence-corrected chi connectivity index (χ3v) is 5.30. The highest BCUT2D eigenvalue weighted by Gasteiger charge is 2.38. The van der Waals surface area contributed by atoms with E-state index in [-0.39, 0.29) is 5.91 Å². The molecular weight excluding hydrogens is 262 g/mol. The van der Waals surface area contributed by atoms with Gasteiger partial charge in [0, 0.05) is 19.1 Å². The number of hydrogen-bond acceptors (Lipinski definition) is 3. The minimum atomic E-state index is -0.761. The lowest BCUT2D eigenvalue weighted by Gasteiger charge is -2.26. The Hall–Kier alpha value is -1.08. The molecule has 4 heteroatoms. The predicted molar refractivity (Wildman–Crippen MR) is 83.6 cm³/mol. The standard InChI is InChI=1S/C17H29N3O/c1-20(15-8-4-5-9-15)13-12-19-16(21)17(14-18)10-6-2-3-7-11-17/h15H,2-13H2,1H3,(H,19,21). The van der Waals surface area contributed by atoms with Crippen molar-refractivity contribution in [1.82, 2.24) is 10.2 Å². The van der Waals surface area contributed by atoms with E-state index in [9.17, 15) is 10.1 Å². The number of hydrogen-bond donors (Lipinski definition) is 1. The highest BCUT2D eigenvalue weighted by molar-refractivity contribution is 5.85. The van der Waals surface area contributed by atoms with Crippen molar-refractivity contribution in [2.24, 2.45) is 5.41 Å². The largest absolute Gasteiger partial charge is 0.353 e. The maximum absolute atomic E-state index is 12.5. The molecule has 0 aromatic heterocycles.